The van der Waals surface area contributed by atoms with Crippen LogP contribution in [0.2, 0.25) is 0 Å². The quantitative estimate of drug-likeness (QED) is 0.688. The van der Waals surface area contributed by atoms with Crippen molar-refractivity contribution < 1.29 is 19.8 Å². The molecule has 0 amide bonds. The van der Waals surface area contributed by atoms with Crippen molar-refractivity contribution in [2.45, 2.75) is 44.8 Å². The van der Waals surface area contributed by atoms with Gasteiger partial charge < -0.3 is 19.8 Å². The number of nitrogens with one attached hydrogen (secondary N) is 1. The monoisotopic (exact) mass is 294 g/mol. The number of ether oxygens (including phenoxy) is 1. The highest BCUT2D eigenvalue weighted by molar-refractivity contribution is 5.27. The molecule has 4 nitrogen and oxygen atoms in total. The Labute approximate surface area is 127 Å². The van der Waals surface area contributed by atoms with Crippen molar-refractivity contribution in [1.82, 2.24) is 0 Å². The molecule has 21 heavy (non-hydrogen) atoms. The zero-order valence-electron chi connectivity index (χ0n) is 12.9. The smallest absolute Gasteiger partial charge is 0.137 e. The lowest BCUT2D eigenvalue weighted by Crippen LogP contribution is -3.17. The number of piperidine rings is 1. The molecule has 0 aliphatic carbocycles. The Balaban J connectivity index is 1.78. The van der Waals surface area contributed by atoms with Gasteiger partial charge in [-0.1, -0.05) is 12.1 Å². The third-order valence-corrected chi connectivity index (χ3v) is 4.29. The van der Waals surface area contributed by atoms with Gasteiger partial charge in [-0.05, 0) is 43.9 Å². The highest BCUT2D eigenvalue weighted by Gasteiger charge is 2.27. The summed E-state index contributed by atoms with van der Waals surface area (Å²) in [6.07, 6.45) is 3.98. The number of aliphatic hydroxyl groups is 2. The molecule has 118 valence electrons. The first-order chi connectivity index (χ1) is 10.2. The van der Waals surface area contributed by atoms with E-state index in [0.717, 1.165) is 30.7 Å². The van der Waals surface area contributed by atoms with Gasteiger partial charge in [0.25, 0.3) is 0 Å². The minimum atomic E-state index is -0.459. The molecule has 2 rings (SSSR count). The van der Waals surface area contributed by atoms with Crippen molar-refractivity contribution in [1.29, 1.82) is 0 Å². The van der Waals surface area contributed by atoms with Gasteiger partial charge in [0.2, 0.25) is 0 Å². The van der Waals surface area contributed by atoms with Crippen LogP contribution in [-0.4, -0.2) is 48.7 Å². The fourth-order valence-electron chi connectivity index (χ4n) is 3.18. The normalized spacial score (nSPS) is 23.8. The van der Waals surface area contributed by atoms with Crippen LogP contribution in [0.25, 0.3) is 0 Å². The van der Waals surface area contributed by atoms with Crippen LogP contribution < -0.4 is 9.64 Å². The summed E-state index contributed by atoms with van der Waals surface area (Å²) in [6.45, 7) is 4.40. The molecular formula is C17H28NO3+. The van der Waals surface area contributed by atoms with Crippen molar-refractivity contribution in [3.05, 3.63) is 29.8 Å². The van der Waals surface area contributed by atoms with Crippen molar-refractivity contribution in [3.63, 3.8) is 0 Å². The van der Waals surface area contributed by atoms with Gasteiger partial charge in [-0.15, -0.1) is 0 Å². The lowest BCUT2D eigenvalue weighted by molar-refractivity contribution is -0.933. The zero-order valence-corrected chi connectivity index (χ0v) is 12.9. The summed E-state index contributed by atoms with van der Waals surface area (Å²) in [5.41, 5.74) is 1.16. The molecule has 1 saturated heterocycles. The van der Waals surface area contributed by atoms with Gasteiger partial charge in [-0.3, -0.25) is 0 Å². The molecule has 0 saturated carbocycles. The Morgan fingerprint density at radius 3 is 3.00 bits per heavy atom. The lowest BCUT2D eigenvalue weighted by Gasteiger charge is -2.33. The number of hydrogen-bond donors (Lipinski definition) is 3. The Hall–Kier alpha value is -1.10. The first-order valence-corrected chi connectivity index (χ1v) is 8.02. The first-order valence-electron chi connectivity index (χ1n) is 8.02. The Kier molecular flexibility index (Phi) is 6.49. The summed E-state index contributed by atoms with van der Waals surface area (Å²) in [7, 11) is 0. The van der Waals surface area contributed by atoms with Crippen LogP contribution in [0.5, 0.6) is 5.75 Å². The van der Waals surface area contributed by atoms with Crippen LogP contribution in [0, 0.1) is 6.92 Å². The van der Waals surface area contributed by atoms with Gasteiger partial charge in [0, 0.05) is 13.0 Å². The minimum Gasteiger partial charge on any atom is -0.491 e. The molecule has 3 N–H and O–H groups in total. The topological polar surface area (TPSA) is 54.1 Å². The van der Waals surface area contributed by atoms with Gasteiger partial charge in [-0.2, -0.15) is 0 Å². The third kappa shape index (κ3) is 5.30. The molecule has 1 heterocycles. The molecule has 0 bridgehead atoms. The van der Waals surface area contributed by atoms with Crippen molar-refractivity contribution in [2.24, 2.45) is 0 Å². The van der Waals surface area contributed by atoms with Crippen LogP contribution in [0.4, 0.5) is 0 Å². The Morgan fingerprint density at radius 1 is 1.38 bits per heavy atom. The van der Waals surface area contributed by atoms with Crippen molar-refractivity contribution in [2.75, 3.05) is 26.3 Å². The molecule has 3 atom stereocenters. The SMILES string of the molecule is Cc1cccc(OC[C@@H](O)C[NH+]2CCCC[C@@H]2CCO)c1. The Bertz CT molecular complexity index is 422. The first kappa shape index (κ1) is 16.3. The van der Waals surface area contributed by atoms with Crippen LogP contribution >= 0.6 is 0 Å². The van der Waals surface area contributed by atoms with Crippen LogP contribution in [0.15, 0.2) is 24.3 Å². The molecule has 0 radical (unpaired) electrons. The van der Waals surface area contributed by atoms with E-state index in [4.69, 9.17) is 9.84 Å². The van der Waals surface area contributed by atoms with E-state index >= 15 is 0 Å². The third-order valence-electron chi connectivity index (χ3n) is 4.29. The molecule has 4 heteroatoms. The van der Waals surface area contributed by atoms with Gasteiger partial charge in [0.15, 0.2) is 0 Å². The lowest BCUT2D eigenvalue weighted by atomic mass is 9.99. The second-order valence-electron chi connectivity index (χ2n) is 6.10. The van der Waals surface area contributed by atoms with E-state index in [9.17, 15) is 5.11 Å². The van der Waals surface area contributed by atoms with Crippen molar-refractivity contribution in [3.8, 4) is 5.75 Å². The van der Waals surface area contributed by atoms with E-state index in [-0.39, 0.29) is 6.61 Å². The number of aliphatic hydroxyl groups excluding tert-OH is 2. The highest BCUT2D eigenvalue weighted by atomic mass is 16.5. The largest absolute Gasteiger partial charge is 0.491 e. The maximum Gasteiger partial charge on any atom is 0.137 e. The predicted octanol–water partition coefficient (Wildman–Crippen LogP) is 0.555. The maximum absolute atomic E-state index is 10.2. The average molecular weight is 294 g/mol. The molecule has 0 spiro atoms. The summed E-state index contributed by atoms with van der Waals surface area (Å²) in [5, 5.41) is 19.4. The molecule has 1 aliphatic heterocycles. The van der Waals surface area contributed by atoms with Crippen molar-refractivity contribution >= 4 is 0 Å². The van der Waals surface area contributed by atoms with Crippen LogP contribution in [0.1, 0.15) is 31.2 Å². The number of rotatable bonds is 7. The molecular weight excluding hydrogens is 266 g/mol. The van der Waals surface area contributed by atoms with Crippen LogP contribution in [-0.2, 0) is 0 Å². The summed E-state index contributed by atoms with van der Waals surface area (Å²) >= 11 is 0. The zero-order chi connectivity index (χ0) is 15.1. The summed E-state index contributed by atoms with van der Waals surface area (Å²) in [5.74, 6) is 0.814. The average Bonchev–Trinajstić information content (AvgIpc) is 2.48. The van der Waals surface area contributed by atoms with E-state index in [2.05, 4.69) is 0 Å². The van der Waals surface area contributed by atoms with E-state index in [0.29, 0.717) is 19.2 Å². The molecule has 1 fully saturated rings. The number of quaternary nitrogens is 1. The minimum absolute atomic E-state index is 0.240. The maximum atomic E-state index is 10.2. The number of hydrogen-bond acceptors (Lipinski definition) is 3. The number of benzene rings is 1. The summed E-state index contributed by atoms with van der Waals surface area (Å²) in [4.78, 5) is 1.41. The van der Waals surface area contributed by atoms with E-state index in [1.807, 2.05) is 31.2 Å². The standard InChI is InChI=1S/C17H27NO3/c1-14-5-4-7-17(11-14)21-13-16(20)12-18-9-3-2-6-15(18)8-10-19/h4-5,7,11,15-16,19-20H,2-3,6,8-10,12-13H2,1H3/p+1/t15-,16+/m1/s1. The molecule has 1 aromatic rings. The van der Waals surface area contributed by atoms with E-state index in [1.54, 1.807) is 0 Å². The van der Waals surface area contributed by atoms with Gasteiger partial charge in [0.1, 0.15) is 25.0 Å². The molecule has 1 unspecified atom stereocenters. The van der Waals surface area contributed by atoms with E-state index in [1.165, 1.54) is 17.7 Å². The summed E-state index contributed by atoms with van der Waals surface area (Å²) in [6, 6.07) is 8.37. The number of aryl methyl sites for hydroxylation is 1. The van der Waals surface area contributed by atoms with Crippen LogP contribution in [0.3, 0.4) is 0 Å². The Morgan fingerprint density at radius 2 is 2.24 bits per heavy atom. The van der Waals surface area contributed by atoms with Gasteiger partial charge in [0.05, 0.1) is 12.6 Å². The summed E-state index contributed by atoms with van der Waals surface area (Å²) < 4.78 is 5.67. The second kappa shape index (κ2) is 8.37. The van der Waals surface area contributed by atoms with E-state index < -0.39 is 6.10 Å². The predicted molar refractivity (Wildman–Crippen MR) is 82.7 cm³/mol. The van der Waals surface area contributed by atoms with Gasteiger partial charge >= 0.3 is 0 Å². The molecule has 1 aromatic carbocycles. The van der Waals surface area contributed by atoms with Gasteiger partial charge in [-0.25, -0.2) is 0 Å². The molecule has 0 aromatic heterocycles. The fraction of sp³-hybridized carbons (Fsp3) is 0.647. The second-order valence-corrected chi connectivity index (χ2v) is 6.10. The number of likely N-dealkylation sites (tertiary alicyclic amines) is 1. The highest BCUT2D eigenvalue weighted by Crippen LogP contribution is 2.12. The fourth-order valence-corrected chi connectivity index (χ4v) is 3.18. The molecule has 1 aliphatic rings.